The summed E-state index contributed by atoms with van der Waals surface area (Å²) < 4.78 is 0. The van der Waals surface area contributed by atoms with Crippen molar-refractivity contribution < 1.29 is 14.8 Å². The maximum atomic E-state index is 12.5. The summed E-state index contributed by atoms with van der Waals surface area (Å²) in [6.07, 6.45) is 3.23. The molecule has 114 valence electrons. The van der Waals surface area contributed by atoms with Crippen LogP contribution in [0, 0.1) is 17.0 Å². The van der Waals surface area contributed by atoms with E-state index in [1.807, 2.05) is 0 Å². The lowest BCUT2D eigenvalue weighted by Crippen LogP contribution is -2.42. The summed E-state index contributed by atoms with van der Waals surface area (Å²) in [6.45, 7) is 1.82. The molecule has 1 aromatic carbocycles. The molecule has 0 unspecified atom stereocenters. The van der Waals surface area contributed by atoms with Gasteiger partial charge in [-0.2, -0.15) is 0 Å². The van der Waals surface area contributed by atoms with Gasteiger partial charge in [0, 0.05) is 19.2 Å². The average molecular weight is 292 g/mol. The van der Waals surface area contributed by atoms with Gasteiger partial charge in [0.2, 0.25) is 0 Å². The Morgan fingerprint density at radius 1 is 1.43 bits per heavy atom. The first kappa shape index (κ1) is 15.4. The largest absolute Gasteiger partial charge is 0.388 e. The Morgan fingerprint density at radius 3 is 2.62 bits per heavy atom. The van der Waals surface area contributed by atoms with Crippen molar-refractivity contribution in [1.82, 2.24) is 4.90 Å². The molecule has 6 nitrogen and oxygen atoms in total. The molecule has 0 aliphatic heterocycles. The highest BCUT2D eigenvalue weighted by Crippen LogP contribution is 2.31. The number of hydrogen-bond acceptors (Lipinski definition) is 4. The van der Waals surface area contributed by atoms with E-state index in [9.17, 15) is 20.0 Å². The van der Waals surface area contributed by atoms with Crippen molar-refractivity contribution in [2.24, 2.45) is 0 Å². The number of amides is 1. The van der Waals surface area contributed by atoms with Crippen molar-refractivity contribution in [3.05, 3.63) is 39.4 Å². The van der Waals surface area contributed by atoms with Crippen LogP contribution in [0.1, 0.15) is 41.6 Å². The van der Waals surface area contributed by atoms with Crippen LogP contribution in [0.15, 0.2) is 18.2 Å². The average Bonchev–Trinajstić information content (AvgIpc) is 2.83. The smallest absolute Gasteiger partial charge is 0.285 e. The molecule has 0 bridgehead atoms. The third-order valence-electron chi connectivity index (χ3n) is 4.06. The fourth-order valence-electron chi connectivity index (χ4n) is 2.98. The van der Waals surface area contributed by atoms with Gasteiger partial charge in [-0.3, -0.25) is 14.9 Å². The van der Waals surface area contributed by atoms with E-state index in [2.05, 4.69) is 0 Å². The minimum Gasteiger partial charge on any atom is -0.388 e. The highest BCUT2D eigenvalue weighted by atomic mass is 16.6. The summed E-state index contributed by atoms with van der Waals surface area (Å²) in [5, 5.41) is 21.5. The molecule has 0 spiro atoms. The number of nitro groups is 1. The first-order chi connectivity index (χ1) is 9.84. The number of para-hydroxylation sites is 1. The minimum atomic E-state index is -0.858. The van der Waals surface area contributed by atoms with Crippen molar-refractivity contribution in [2.45, 2.75) is 38.2 Å². The zero-order chi connectivity index (χ0) is 15.6. The van der Waals surface area contributed by atoms with E-state index < -0.39 is 16.4 Å². The number of aliphatic hydroxyl groups is 1. The lowest BCUT2D eigenvalue weighted by molar-refractivity contribution is -0.385. The van der Waals surface area contributed by atoms with Gasteiger partial charge in [0.15, 0.2) is 0 Å². The van der Waals surface area contributed by atoms with E-state index >= 15 is 0 Å². The first-order valence-electron chi connectivity index (χ1n) is 7.06. The van der Waals surface area contributed by atoms with Crippen LogP contribution in [0.5, 0.6) is 0 Å². The van der Waals surface area contributed by atoms with Crippen molar-refractivity contribution in [1.29, 1.82) is 0 Å². The van der Waals surface area contributed by atoms with Crippen molar-refractivity contribution in [3.63, 3.8) is 0 Å². The topological polar surface area (TPSA) is 83.7 Å². The van der Waals surface area contributed by atoms with Crippen molar-refractivity contribution >= 4 is 11.6 Å². The quantitative estimate of drug-likeness (QED) is 0.681. The second-order valence-electron chi connectivity index (χ2n) is 5.82. The van der Waals surface area contributed by atoms with Gasteiger partial charge in [0.1, 0.15) is 5.56 Å². The van der Waals surface area contributed by atoms with Crippen molar-refractivity contribution in [2.75, 3.05) is 13.6 Å². The lowest BCUT2D eigenvalue weighted by Gasteiger charge is -2.28. The van der Waals surface area contributed by atoms with Gasteiger partial charge in [0.05, 0.1) is 10.5 Å². The van der Waals surface area contributed by atoms with Gasteiger partial charge in [-0.15, -0.1) is 0 Å². The molecule has 2 rings (SSSR count). The lowest BCUT2D eigenvalue weighted by atomic mass is 10.0. The number of nitro benzene ring substituents is 1. The molecule has 1 fully saturated rings. The number of likely N-dealkylation sites (N-methyl/N-ethyl adjacent to an activating group) is 1. The highest BCUT2D eigenvalue weighted by molar-refractivity contribution is 5.98. The van der Waals surface area contributed by atoms with E-state index in [4.69, 9.17) is 0 Å². The van der Waals surface area contributed by atoms with Crippen LogP contribution in [0.3, 0.4) is 0 Å². The molecule has 1 amide bonds. The number of carbonyl (C=O) groups excluding carboxylic acids is 1. The summed E-state index contributed by atoms with van der Waals surface area (Å²) in [5.74, 6) is -0.425. The van der Waals surface area contributed by atoms with Gasteiger partial charge >= 0.3 is 0 Å². The molecular formula is C15H20N2O4. The van der Waals surface area contributed by atoms with Gasteiger partial charge in [-0.05, 0) is 25.8 Å². The molecule has 1 saturated carbocycles. The number of aryl methyl sites for hydroxylation is 1. The number of hydrogen-bond donors (Lipinski definition) is 1. The predicted octanol–water partition coefficient (Wildman–Crippen LogP) is 2.28. The fraction of sp³-hybridized carbons (Fsp3) is 0.533. The number of nitrogens with zero attached hydrogens (tertiary/aromatic N) is 2. The molecule has 0 radical (unpaired) electrons. The molecule has 0 saturated heterocycles. The van der Waals surface area contributed by atoms with Crippen LogP contribution in [-0.4, -0.2) is 40.0 Å². The molecule has 1 aliphatic carbocycles. The van der Waals surface area contributed by atoms with Gasteiger partial charge in [0.25, 0.3) is 11.6 Å². The molecule has 1 aliphatic rings. The van der Waals surface area contributed by atoms with E-state index in [-0.39, 0.29) is 17.8 Å². The Hall–Kier alpha value is -1.95. The third-order valence-corrected chi connectivity index (χ3v) is 4.06. The maximum Gasteiger partial charge on any atom is 0.285 e. The molecule has 0 aromatic heterocycles. The Kier molecular flexibility index (Phi) is 4.27. The summed E-state index contributed by atoms with van der Waals surface area (Å²) in [4.78, 5) is 24.5. The zero-order valence-corrected chi connectivity index (χ0v) is 12.3. The monoisotopic (exact) mass is 292 g/mol. The van der Waals surface area contributed by atoms with E-state index in [1.54, 1.807) is 26.1 Å². The number of carbonyl (C=O) groups is 1. The van der Waals surface area contributed by atoms with Crippen LogP contribution in [0.4, 0.5) is 5.69 Å². The fourth-order valence-corrected chi connectivity index (χ4v) is 2.98. The normalized spacial score (nSPS) is 16.7. The standard InChI is InChI=1S/C15H20N2O4/c1-11-6-5-7-12(13(11)17(20)21)14(18)16(2)10-15(19)8-3-4-9-15/h5-7,19H,3-4,8-10H2,1-2H3. The molecule has 21 heavy (non-hydrogen) atoms. The molecule has 1 aromatic rings. The predicted molar refractivity (Wildman–Crippen MR) is 78.2 cm³/mol. The van der Waals surface area contributed by atoms with E-state index in [0.717, 1.165) is 12.8 Å². The zero-order valence-electron chi connectivity index (χ0n) is 12.3. The Morgan fingerprint density at radius 2 is 2.05 bits per heavy atom. The van der Waals surface area contributed by atoms with Crippen LogP contribution >= 0.6 is 0 Å². The van der Waals surface area contributed by atoms with Crippen LogP contribution in [-0.2, 0) is 0 Å². The Bertz CT molecular complexity index is 565. The summed E-state index contributed by atoms with van der Waals surface area (Å²) in [7, 11) is 1.57. The summed E-state index contributed by atoms with van der Waals surface area (Å²) in [5.41, 5.74) is -0.487. The van der Waals surface area contributed by atoms with Crippen LogP contribution in [0.2, 0.25) is 0 Å². The Balaban J connectivity index is 2.23. The van der Waals surface area contributed by atoms with Gasteiger partial charge in [-0.1, -0.05) is 25.0 Å². The Labute approximate surface area is 123 Å². The molecule has 0 atom stereocenters. The van der Waals surface area contributed by atoms with Gasteiger partial charge in [-0.25, -0.2) is 0 Å². The second kappa shape index (κ2) is 5.81. The summed E-state index contributed by atoms with van der Waals surface area (Å²) >= 11 is 0. The SMILES string of the molecule is Cc1cccc(C(=O)N(C)CC2(O)CCCC2)c1[N+](=O)[O-]. The highest BCUT2D eigenvalue weighted by Gasteiger charge is 2.34. The van der Waals surface area contributed by atoms with E-state index in [0.29, 0.717) is 18.4 Å². The van der Waals surface area contributed by atoms with Crippen LogP contribution < -0.4 is 0 Å². The minimum absolute atomic E-state index is 0.0732. The maximum absolute atomic E-state index is 12.5. The summed E-state index contributed by atoms with van der Waals surface area (Å²) in [6, 6.07) is 4.70. The van der Waals surface area contributed by atoms with Gasteiger partial charge < -0.3 is 10.0 Å². The third kappa shape index (κ3) is 3.21. The molecule has 1 N–H and O–H groups in total. The van der Waals surface area contributed by atoms with Crippen LogP contribution in [0.25, 0.3) is 0 Å². The number of rotatable bonds is 4. The molecule has 6 heteroatoms. The molecule has 0 heterocycles. The number of benzene rings is 1. The second-order valence-corrected chi connectivity index (χ2v) is 5.82. The van der Waals surface area contributed by atoms with Crippen molar-refractivity contribution in [3.8, 4) is 0 Å². The van der Waals surface area contributed by atoms with E-state index in [1.165, 1.54) is 11.0 Å². The molecular weight excluding hydrogens is 272 g/mol. The first-order valence-corrected chi connectivity index (χ1v) is 7.06.